The molecule has 2 aliphatic carbocycles. The van der Waals surface area contributed by atoms with Gasteiger partial charge >= 0.3 is 5.82 Å². The number of hydrogen-bond acceptors (Lipinski definition) is 12. The van der Waals surface area contributed by atoms with Crippen molar-refractivity contribution < 1.29 is 37.1 Å². The van der Waals surface area contributed by atoms with E-state index in [0.29, 0.717) is 49.2 Å². The van der Waals surface area contributed by atoms with Crippen molar-refractivity contribution in [2.75, 3.05) is 43.0 Å². The number of sulfonamides is 1. The number of aromatic nitrogens is 2. The van der Waals surface area contributed by atoms with Gasteiger partial charge in [0, 0.05) is 62.3 Å². The van der Waals surface area contributed by atoms with E-state index < -0.39 is 42.9 Å². The number of fused-ring (bicyclic) bond motifs is 2. The van der Waals surface area contributed by atoms with Gasteiger partial charge in [-0.3, -0.25) is 19.8 Å². The van der Waals surface area contributed by atoms with E-state index in [2.05, 4.69) is 72.8 Å². The van der Waals surface area contributed by atoms with Gasteiger partial charge in [-0.2, -0.15) is 0 Å². The van der Waals surface area contributed by atoms with Crippen LogP contribution in [0.1, 0.15) is 112 Å². The third-order valence-corrected chi connectivity index (χ3v) is 16.9. The Morgan fingerprint density at radius 1 is 1.06 bits per heavy atom. The molecule has 1 spiro atoms. The van der Waals surface area contributed by atoms with Crippen LogP contribution in [-0.2, 0) is 10.0 Å². The van der Waals surface area contributed by atoms with E-state index in [-0.39, 0.29) is 69.3 Å². The van der Waals surface area contributed by atoms with Crippen LogP contribution in [0.25, 0.3) is 15.9 Å². The van der Waals surface area contributed by atoms with Crippen molar-refractivity contribution in [3.8, 4) is 17.2 Å². The number of pyridine rings is 1. The van der Waals surface area contributed by atoms with E-state index in [9.17, 15) is 32.8 Å². The van der Waals surface area contributed by atoms with Crippen LogP contribution in [0.5, 0.6) is 17.2 Å². The van der Waals surface area contributed by atoms with Gasteiger partial charge in [-0.05, 0) is 111 Å². The predicted molar refractivity (Wildman–Crippen MR) is 258 cm³/mol. The summed E-state index contributed by atoms with van der Waals surface area (Å²) in [6.07, 6.45) is 9.15. The van der Waals surface area contributed by atoms with Crippen LogP contribution in [0.4, 0.5) is 27.3 Å². The van der Waals surface area contributed by atoms with Gasteiger partial charge in [-0.1, -0.05) is 56.1 Å². The van der Waals surface area contributed by atoms with Crippen LogP contribution >= 0.6 is 0 Å². The number of piperidine rings is 1. The molecule has 10 rings (SSSR count). The summed E-state index contributed by atoms with van der Waals surface area (Å²) >= 11 is 0. The molecule has 3 atom stereocenters. The Hall–Kier alpha value is -6.29. The number of carbonyl (C=O) groups excluding carboxylic acids is 1. The number of rotatable bonds is 11. The molecule has 2 aromatic heterocycles. The van der Waals surface area contributed by atoms with Crippen LogP contribution in [-0.4, -0.2) is 89.7 Å². The number of nitro benzene ring substituents is 1. The maximum absolute atomic E-state index is 14.8. The molecule has 1 amide bonds. The van der Waals surface area contributed by atoms with Crippen molar-refractivity contribution in [1.82, 2.24) is 19.6 Å². The number of nitrogens with zero attached hydrogens (tertiary/aromatic N) is 5. The van der Waals surface area contributed by atoms with Crippen LogP contribution < -0.4 is 24.4 Å². The maximum Gasteiger partial charge on any atom is 0.314 e. The number of H-pyrrole nitrogens is 1. The average molecular weight is 961 g/mol. The standard InChI is InChI=1S/C51H57FN8O8S/c1-30(2)34-8-5-6-9-35(34)36-10-7-11-41(36)59-28-51(29-59)18-20-58(21-19-51)32-12-13-37(43(22-32)68-45-25-38-39(52)26-54-47(38)56-48(45)53-4)49(61)57-69(65,66)33-23-42(60(63)64)46-44(24-33)67-27-40(55-46)31-14-16-50(3,62)17-15-31/h5-6,8-9,12-13,22-26,30-31,36,40-41,55,62H,7,10-11,14-21,27-29H2,1-3H3,(H,54,56)(H,57,61)/t31?,36-,40-,41?,50?/m1/s1. The summed E-state index contributed by atoms with van der Waals surface area (Å²) in [7, 11) is -4.77. The van der Waals surface area contributed by atoms with Crippen molar-refractivity contribution in [1.29, 1.82) is 0 Å². The molecule has 0 radical (unpaired) electrons. The largest absolute Gasteiger partial charge is 0.489 e. The first-order valence-electron chi connectivity index (χ1n) is 24.0. The summed E-state index contributed by atoms with van der Waals surface area (Å²) in [4.78, 5) is 40.6. The first kappa shape index (κ1) is 46.4. The fourth-order valence-electron chi connectivity index (χ4n) is 11.7. The Morgan fingerprint density at radius 3 is 2.54 bits per heavy atom. The van der Waals surface area contributed by atoms with Gasteiger partial charge in [-0.25, -0.2) is 17.5 Å². The SMILES string of the molecule is [C-]#[N+]c1nc2[nH]cc(F)c2cc1Oc1cc(N2CCC3(CC2)CN(C2CCC[C@@H]2c2ccccc2C(C)C)C3)ccc1C(=O)NS(=O)(=O)c1cc2c(c([N+](=O)[O-])c1)N[C@@H](C1CCC(C)(O)CC1)CO2. The lowest BCUT2D eigenvalue weighted by Crippen LogP contribution is -2.63. The fourth-order valence-corrected chi connectivity index (χ4v) is 12.7. The number of nitrogens with one attached hydrogen (secondary N) is 3. The minimum Gasteiger partial charge on any atom is -0.489 e. The smallest absolute Gasteiger partial charge is 0.314 e. The van der Waals surface area contributed by atoms with Crippen molar-refractivity contribution in [3.63, 3.8) is 0 Å². The number of hydrogen-bond donors (Lipinski definition) is 4. The summed E-state index contributed by atoms with van der Waals surface area (Å²) in [6.45, 7) is 17.8. The number of aromatic amines is 1. The molecular weight excluding hydrogens is 904 g/mol. The van der Waals surface area contributed by atoms with Crippen molar-refractivity contribution in [2.45, 2.75) is 113 Å². The van der Waals surface area contributed by atoms with Gasteiger partial charge in [0.2, 0.25) is 5.65 Å². The number of anilines is 2. The number of halogens is 1. The summed E-state index contributed by atoms with van der Waals surface area (Å²) < 4.78 is 57.2. The van der Waals surface area contributed by atoms with Gasteiger partial charge in [-0.15, -0.1) is 0 Å². The number of likely N-dealkylation sites (tertiary alicyclic amines) is 1. The molecule has 5 aliphatic rings. The quantitative estimate of drug-likeness (QED) is 0.0557. The molecule has 5 heterocycles. The number of aliphatic hydroxyl groups is 1. The summed E-state index contributed by atoms with van der Waals surface area (Å²) in [5.74, 6) is -1.19. The Labute approximate surface area is 400 Å². The minimum absolute atomic E-state index is 0.0363. The molecule has 16 nitrogen and oxygen atoms in total. The minimum atomic E-state index is -4.77. The van der Waals surface area contributed by atoms with E-state index in [0.717, 1.165) is 57.4 Å². The lowest BCUT2D eigenvalue weighted by Gasteiger charge is -2.57. The normalized spacial score (nSPS) is 24.5. The predicted octanol–water partition coefficient (Wildman–Crippen LogP) is 9.55. The molecule has 5 aromatic rings. The number of benzene rings is 3. The zero-order chi connectivity index (χ0) is 48.4. The van der Waals surface area contributed by atoms with Gasteiger partial charge in [0.05, 0.1) is 32.4 Å². The van der Waals surface area contributed by atoms with Crippen LogP contribution in [0.2, 0.25) is 0 Å². The third kappa shape index (κ3) is 8.96. The van der Waals surface area contributed by atoms with Gasteiger partial charge in [0.15, 0.2) is 23.0 Å². The summed E-state index contributed by atoms with van der Waals surface area (Å²) in [5.41, 5.74) is 2.45. The first-order chi connectivity index (χ1) is 33.0. The van der Waals surface area contributed by atoms with Crippen molar-refractivity contribution in [3.05, 3.63) is 111 Å². The zero-order valence-corrected chi connectivity index (χ0v) is 39.8. The van der Waals surface area contributed by atoms with Crippen LogP contribution in [0.3, 0.4) is 0 Å². The zero-order valence-electron chi connectivity index (χ0n) is 39.0. The lowest BCUT2D eigenvalue weighted by molar-refractivity contribution is -0.384. The number of nitro groups is 1. The molecule has 0 bridgehead atoms. The second-order valence-corrected chi connectivity index (χ2v) is 22.1. The molecule has 1 unspecified atom stereocenters. The van der Waals surface area contributed by atoms with Crippen LogP contribution in [0.15, 0.2) is 71.8 Å². The fraction of sp³-hybridized carbons (Fsp3) is 0.471. The monoisotopic (exact) mass is 960 g/mol. The van der Waals surface area contributed by atoms with Gasteiger partial charge in [0.1, 0.15) is 12.4 Å². The molecule has 18 heteroatoms. The van der Waals surface area contributed by atoms with Crippen LogP contribution in [0, 0.1) is 33.8 Å². The van der Waals surface area contributed by atoms with E-state index in [4.69, 9.17) is 16.0 Å². The highest BCUT2D eigenvalue weighted by Gasteiger charge is 2.49. The van der Waals surface area contributed by atoms with E-state index in [1.165, 1.54) is 42.5 Å². The van der Waals surface area contributed by atoms with E-state index in [1.807, 2.05) is 0 Å². The highest BCUT2D eigenvalue weighted by atomic mass is 32.2. The van der Waals surface area contributed by atoms with Gasteiger partial charge < -0.3 is 34.6 Å². The lowest BCUT2D eigenvalue weighted by atomic mass is 9.70. The molecule has 2 saturated carbocycles. The molecule has 3 aliphatic heterocycles. The van der Waals surface area contributed by atoms with Crippen molar-refractivity contribution >= 4 is 49.8 Å². The summed E-state index contributed by atoms with van der Waals surface area (Å²) in [6, 6.07) is 17.2. The highest BCUT2D eigenvalue weighted by molar-refractivity contribution is 7.90. The Morgan fingerprint density at radius 2 is 1.81 bits per heavy atom. The Bertz CT molecular complexity index is 2980. The molecular formula is C51H57FN8O8S. The molecule has 362 valence electrons. The number of carbonyl (C=O) groups is 1. The van der Waals surface area contributed by atoms with E-state index >= 15 is 0 Å². The van der Waals surface area contributed by atoms with E-state index in [1.54, 1.807) is 19.1 Å². The van der Waals surface area contributed by atoms with Gasteiger partial charge in [0.25, 0.3) is 21.6 Å². The maximum atomic E-state index is 14.8. The average Bonchev–Trinajstić information content (AvgIpc) is 3.96. The molecule has 2 saturated heterocycles. The van der Waals surface area contributed by atoms with Crippen molar-refractivity contribution in [2.24, 2.45) is 11.3 Å². The molecule has 69 heavy (non-hydrogen) atoms. The molecule has 4 N–H and O–H groups in total. The molecule has 4 fully saturated rings. The highest BCUT2D eigenvalue weighted by Crippen LogP contribution is 2.50. The number of ether oxygens (including phenoxy) is 2. The Kier molecular flexibility index (Phi) is 12.1. The second-order valence-electron chi connectivity index (χ2n) is 20.4. The number of amides is 1. The first-order valence-corrected chi connectivity index (χ1v) is 25.4. The Balaban J connectivity index is 0.884. The molecule has 3 aromatic carbocycles. The summed E-state index contributed by atoms with van der Waals surface area (Å²) in [5, 5.41) is 26.1. The third-order valence-electron chi connectivity index (χ3n) is 15.5. The topological polar surface area (TPSA) is 197 Å². The second kappa shape index (κ2) is 17.9.